The molecule has 13 heavy (non-hydrogen) atoms. The maximum absolute atomic E-state index is 11.4. The summed E-state index contributed by atoms with van der Waals surface area (Å²) in [6, 6.07) is 0. The van der Waals surface area contributed by atoms with Crippen molar-refractivity contribution >= 4 is 5.91 Å². The van der Waals surface area contributed by atoms with Crippen molar-refractivity contribution in [3.05, 3.63) is 0 Å². The van der Waals surface area contributed by atoms with Gasteiger partial charge in [0.25, 0.3) is 0 Å². The molecular weight excluding hydrogens is 166 g/mol. The molecule has 2 fully saturated rings. The summed E-state index contributed by atoms with van der Waals surface area (Å²) in [6.45, 7) is 5.80. The molecule has 0 radical (unpaired) electrons. The van der Waals surface area contributed by atoms with Crippen LogP contribution in [0.15, 0.2) is 0 Å². The van der Waals surface area contributed by atoms with Gasteiger partial charge < -0.3 is 10.1 Å². The Kier molecular flexibility index (Phi) is 1.88. The number of amides is 1. The average Bonchev–Trinajstić information content (AvgIpc) is 2.23. The molecule has 74 valence electrons. The molecule has 0 bridgehead atoms. The second-order valence-electron chi connectivity index (χ2n) is 4.79. The first-order chi connectivity index (χ1) is 6.06. The summed E-state index contributed by atoms with van der Waals surface area (Å²) in [4.78, 5) is 11.4. The van der Waals surface area contributed by atoms with Crippen LogP contribution in [-0.2, 0) is 9.53 Å². The molecule has 1 atom stereocenters. The van der Waals surface area contributed by atoms with Crippen molar-refractivity contribution in [3.8, 4) is 0 Å². The van der Waals surface area contributed by atoms with E-state index in [1.54, 1.807) is 0 Å². The Hall–Kier alpha value is -0.570. The minimum Gasteiger partial charge on any atom is -0.381 e. The molecule has 1 unspecified atom stereocenters. The first-order valence-corrected chi connectivity index (χ1v) is 4.95. The second-order valence-corrected chi connectivity index (χ2v) is 4.79. The minimum atomic E-state index is -0.0928. The Morgan fingerprint density at radius 3 is 2.69 bits per heavy atom. The summed E-state index contributed by atoms with van der Waals surface area (Å²) < 4.78 is 5.50. The van der Waals surface area contributed by atoms with Crippen LogP contribution in [0.3, 0.4) is 0 Å². The van der Waals surface area contributed by atoms with Crippen molar-refractivity contribution < 1.29 is 9.53 Å². The van der Waals surface area contributed by atoms with Gasteiger partial charge in [0.15, 0.2) is 0 Å². The van der Waals surface area contributed by atoms with Gasteiger partial charge in [0.05, 0.1) is 6.61 Å². The third-order valence-corrected chi connectivity index (χ3v) is 3.60. The van der Waals surface area contributed by atoms with Crippen molar-refractivity contribution in [2.45, 2.75) is 38.6 Å². The third-order valence-electron chi connectivity index (χ3n) is 3.60. The fourth-order valence-electron chi connectivity index (χ4n) is 2.54. The number of carbonyl (C=O) groups excluding carboxylic acids is 1. The van der Waals surface area contributed by atoms with Crippen molar-refractivity contribution in [1.29, 1.82) is 0 Å². The highest BCUT2D eigenvalue weighted by Gasteiger charge is 2.53. The minimum absolute atomic E-state index is 0.0579. The number of hydrogen-bond acceptors (Lipinski definition) is 2. The number of rotatable bonds is 0. The van der Waals surface area contributed by atoms with Crippen LogP contribution in [0.5, 0.6) is 0 Å². The highest BCUT2D eigenvalue weighted by molar-refractivity contribution is 5.81. The molecule has 2 rings (SSSR count). The van der Waals surface area contributed by atoms with Crippen LogP contribution in [0.2, 0.25) is 0 Å². The molecule has 3 nitrogen and oxygen atoms in total. The average molecular weight is 183 g/mol. The second kappa shape index (κ2) is 2.71. The Labute approximate surface area is 78.8 Å². The molecule has 1 N–H and O–H groups in total. The van der Waals surface area contributed by atoms with Gasteiger partial charge in [0.1, 0.15) is 0 Å². The molecule has 1 spiro atoms. The van der Waals surface area contributed by atoms with Gasteiger partial charge in [0.2, 0.25) is 5.91 Å². The van der Waals surface area contributed by atoms with Crippen molar-refractivity contribution in [1.82, 2.24) is 5.32 Å². The summed E-state index contributed by atoms with van der Waals surface area (Å²) in [5.74, 6) is 0.176. The van der Waals surface area contributed by atoms with Crippen LogP contribution in [0.4, 0.5) is 0 Å². The van der Waals surface area contributed by atoms with Gasteiger partial charge in [-0.2, -0.15) is 0 Å². The first-order valence-electron chi connectivity index (χ1n) is 4.95. The molecule has 0 aromatic rings. The van der Waals surface area contributed by atoms with Gasteiger partial charge in [-0.25, -0.2) is 0 Å². The number of nitrogens with one attached hydrogen (secondary N) is 1. The maximum Gasteiger partial charge on any atom is 0.221 e. The smallest absolute Gasteiger partial charge is 0.221 e. The van der Waals surface area contributed by atoms with E-state index in [0.717, 1.165) is 26.1 Å². The summed E-state index contributed by atoms with van der Waals surface area (Å²) in [5.41, 5.74) is -0.0349. The Morgan fingerprint density at radius 1 is 1.46 bits per heavy atom. The Balaban J connectivity index is 2.24. The lowest BCUT2D eigenvalue weighted by Gasteiger charge is -2.42. The predicted molar refractivity (Wildman–Crippen MR) is 49.3 cm³/mol. The Morgan fingerprint density at radius 2 is 2.23 bits per heavy atom. The first kappa shape index (κ1) is 9.00. The van der Waals surface area contributed by atoms with Crippen LogP contribution in [0.1, 0.15) is 33.1 Å². The van der Waals surface area contributed by atoms with E-state index in [4.69, 9.17) is 4.74 Å². The van der Waals surface area contributed by atoms with Crippen molar-refractivity contribution in [2.24, 2.45) is 5.41 Å². The molecule has 3 heteroatoms. The van der Waals surface area contributed by atoms with E-state index in [9.17, 15) is 4.79 Å². The molecule has 1 amide bonds. The largest absolute Gasteiger partial charge is 0.381 e. The van der Waals surface area contributed by atoms with E-state index in [0.29, 0.717) is 6.42 Å². The van der Waals surface area contributed by atoms with Crippen LogP contribution < -0.4 is 5.32 Å². The fourth-order valence-corrected chi connectivity index (χ4v) is 2.54. The van der Waals surface area contributed by atoms with Crippen molar-refractivity contribution in [3.63, 3.8) is 0 Å². The highest BCUT2D eigenvalue weighted by Crippen LogP contribution is 2.45. The normalized spacial score (nSPS) is 37.8. The SMILES string of the molecule is CC1(C)NC(=O)CC12CCCOC2. The van der Waals surface area contributed by atoms with E-state index < -0.39 is 0 Å². The van der Waals surface area contributed by atoms with Crippen molar-refractivity contribution in [2.75, 3.05) is 13.2 Å². The number of ether oxygens (including phenoxy) is 1. The lowest BCUT2D eigenvalue weighted by molar-refractivity contribution is -0.120. The highest BCUT2D eigenvalue weighted by atomic mass is 16.5. The fraction of sp³-hybridized carbons (Fsp3) is 0.900. The van der Waals surface area contributed by atoms with E-state index >= 15 is 0 Å². The molecule has 2 heterocycles. The molecule has 0 aliphatic carbocycles. The molecular formula is C10H17NO2. The van der Waals surface area contributed by atoms with E-state index in [2.05, 4.69) is 19.2 Å². The van der Waals surface area contributed by atoms with Crippen LogP contribution in [0, 0.1) is 5.41 Å². The lowest BCUT2D eigenvalue weighted by Crippen LogP contribution is -2.51. The molecule has 0 aromatic carbocycles. The van der Waals surface area contributed by atoms with Gasteiger partial charge >= 0.3 is 0 Å². The molecule has 0 saturated carbocycles. The van der Waals surface area contributed by atoms with Gasteiger partial charge in [-0.05, 0) is 26.7 Å². The van der Waals surface area contributed by atoms with Crippen LogP contribution in [-0.4, -0.2) is 24.7 Å². The zero-order valence-electron chi connectivity index (χ0n) is 8.35. The van der Waals surface area contributed by atoms with Crippen LogP contribution in [0.25, 0.3) is 0 Å². The van der Waals surface area contributed by atoms with E-state index in [-0.39, 0.29) is 16.9 Å². The predicted octanol–water partition coefficient (Wildman–Crippen LogP) is 1.08. The molecule has 2 aliphatic heterocycles. The molecule has 0 aromatic heterocycles. The summed E-state index contributed by atoms with van der Waals surface area (Å²) in [6.07, 6.45) is 2.83. The number of carbonyl (C=O) groups is 1. The molecule has 2 aliphatic rings. The standard InChI is InChI=1S/C10H17NO2/c1-9(2)10(6-8(12)11-9)4-3-5-13-7-10/h3-7H2,1-2H3,(H,11,12). The van der Waals surface area contributed by atoms with E-state index in [1.807, 2.05) is 0 Å². The lowest BCUT2D eigenvalue weighted by atomic mass is 9.69. The van der Waals surface area contributed by atoms with Crippen LogP contribution >= 0.6 is 0 Å². The summed E-state index contributed by atoms with van der Waals surface area (Å²) >= 11 is 0. The van der Waals surface area contributed by atoms with Gasteiger partial charge in [-0.1, -0.05) is 0 Å². The third kappa shape index (κ3) is 1.26. The summed E-state index contributed by atoms with van der Waals surface area (Å²) in [5, 5.41) is 3.03. The zero-order valence-corrected chi connectivity index (χ0v) is 8.35. The van der Waals surface area contributed by atoms with Gasteiger partial charge in [0, 0.05) is 24.0 Å². The number of hydrogen-bond donors (Lipinski definition) is 1. The maximum atomic E-state index is 11.4. The quantitative estimate of drug-likeness (QED) is 0.610. The van der Waals surface area contributed by atoms with E-state index in [1.165, 1.54) is 0 Å². The molecule has 2 saturated heterocycles. The monoisotopic (exact) mass is 183 g/mol. The van der Waals surface area contributed by atoms with Gasteiger partial charge in [-0.3, -0.25) is 4.79 Å². The zero-order chi connectivity index (χ0) is 9.53. The Bertz CT molecular complexity index is 229. The topological polar surface area (TPSA) is 38.3 Å². The van der Waals surface area contributed by atoms with Gasteiger partial charge in [-0.15, -0.1) is 0 Å². The summed E-state index contributed by atoms with van der Waals surface area (Å²) in [7, 11) is 0.